The van der Waals surface area contributed by atoms with Crippen molar-refractivity contribution < 1.29 is 5.11 Å². The van der Waals surface area contributed by atoms with E-state index in [0.29, 0.717) is 12.1 Å². The molecule has 108 valence electrons. The van der Waals surface area contributed by atoms with Gasteiger partial charge in [0.1, 0.15) is 0 Å². The summed E-state index contributed by atoms with van der Waals surface area (Å²) in [5.41, 5.74) is 0. The van der Waals surface area contributed by atoms with Crippen molar-refractivity contribution in [3.63, 3.8) is 0 Å². The molecule has 19 heavy (non-hydrogen) atoms. The number of hydrogen-bond acceptors (Lipinski definition) is 3. The zero-order valence-corrected chi connectivity index (χ0v) is 12.1. The van der Waals surface area contributed by atoms with E-state index in [1.54, 1.807) is 0 Å². The number of nitriles is 1. The molecule has 0 aromatic heterocycles. The van der Waals surface area contributed by atoms with Crippen molar-refractivity contribution in [3.8, 4) is 6.07 Å². The predicted molar refractivity (Wildman–Crippen MR) is 76.6 cm³/mol. The maximum absolute atomic E-state index is 9.46. The van der Waals surface area contributed by atoms with Gasteiger partial charge in [-0.1, -0.05) is 38.5 Å². The molecule has 2 aliphatic rings. The molecule has 0 bridgehead atoms. The molecule has 3 heteroatoms. The largest absolute Gasteiger partial charge is 0.395 e. The second-order valence-electron chi connectivity index (χ2n) is 6.19. The van der Waals surface area contributed by atoms with Gasteiger partial charge >= 0.3 is 0 Å². The first-order valence-electron chi connectivity index (χ1n) is 8.13. The van der Waals surface area contributed by atoms with E-state index in [1.165, 1.54) is 51.4 Å². The van der Waals surface area contributed by atoms with Crippen molar-refractivity contribution in [3.05, 3.63) is 0 Å². The molecule has 0 aromatic carbocycles. The SMILES string of the molecule is N#CC1CCCCCC1N(CCO)C1CCCCC1. The molecule has 2 saturated carbocycles. The minimum atomic E-state index is 0.177. The molecule has 2 fully saturated rings. The first kappa shape index (κ1) is 14.8. The van der Waals surface area contributed by atoms with E-state index in [1.807, 2.05) is 0 Å². The lowest BCUT2D eigenvalue weighted by molar-refractivity contribution is 0.0590. The normalized spacial score (nSPS) is 29.9. The van der Waals surface area contributed by atoms with Gasteiger partial charge in [-0.05, 0) is 25.7 Å². The molecule has 2 rings (SSSR count). The van der Waals surface area contributed by atoms with Crippen LogP contribution < -0.4 is 0 Å². The fourth-order valence-corrected chi connectivity index (χ4v) is 3.98. The average Bonchev–Trinajstić information content (AvgIpc) is 2.70. The first-order chi connectivity index (χ1) is 9.36. The van der Waals surface area contributed by atoms with E-state index in [9.17, 15) is 10.4 Å². The maximum Gasteiger partial charge on any atom is 0.0672 e. The van der Waals surface area contributed by atoms with Crippen LogP contribution in [0.2, 0.25) is 0 Å². The Hall–Kier alpha value is -0.590. The molecule has 0 amide bonds. The third kappa shape index (κ3) is 3.94. The van der Waals surface area contributed by atoms with E-state index in [-0.39, 0.29) is 12.5 Å². The molecule has 0 saturated heterocycles. The zero-order valence-electron chi connectivity index (χ0n) is 12.1. The van der Waals surface area contributed by atoms with Gasteiger partial charge in [0.05, 0.1) is 18.6 Å². The third-order valence-corrected chi connectivity index (χ3v) is 4.97. The summed E-state index contributed by atoms with van der Waals surface area (Å²) in [6.45, 7) is 0.985. The van der Waals surface area contributed by atoms with Gasteiger partial charge in [0.25, 0.3) is 0 Å². The van der Waals surface area contributed by atoms with Crippen LogP contribution in [0.3, 0.4) is 0 Å². The van der Waals surface area contributed by atoms with Crippen LogP contribution in [0.25, 0.3) is 0 Å². The Morgan fingerprint density at radius 2 is 1.58 bits per heavy atom. The summed E-state index contributed by atoms with van der Waals surface area (Å²) < 4.78 is 0. The quantitative estimate of drug-likeness (QED) is 0.794. The Morgan fingerprint density at radius 3 is 2.21 bits per heavy atom. The van der Waals surface area contributed by atoms with Crippen molar-refractivity contribution in [1.29, 1.82) is 5.26 Å². The summed E-state index contributed by atoms with van der Waals surface area (Å²) >= 11 is 0. The number of aliphatic hydroxyl groups is 1. The Kier molecular flexibility index (Phi) is 6.13. The Labute approximate surface area is 117 Å². The van der Waals surface area contributed by atoms with E-state index < -0.39 is 0 Å². The van der Waals surface area contributed by atoms with Gasteiger partial charge in [0, 0.05) is 18.6 Å². The minimum absolute atomic E-state index is 0.177. The molecule has 1 N–H and O–H groups in total. The summed E-state index contributed by atoms with van der Waals surface area (Å²) in [7, 11) is 0. The van der Waals surface area contributed by atoms with Crippen LogP contribution >= 0.6 is 0 Å². The van der Waals surface area contributed by atoms with Gasteiger partial charge in [0.2, 0.25) is 0 Å². The number of nitrogens with zero attached hydrogens (tertiary/aromatic N) is 2. The fraction of sp³-hybridized carbons (Fsp3) is 0.938. The molecule has 2 unspecified atom stereocenters. The average molecular weight is 264 g/mol. The van der Waals surface area contributed by atoms with Crippen LogP contribution in [0.1, 0.15) is 64.2 Å². The highest BCUT2D eigenvalue weighted by Crippen LogP contribution is 2.32. The highest BCUT2D eigenvalue weighted by molar-refractivity contribution is 4.96. The van der Waals surface area contributed by atoms with Gasteiger partial charge in [0.15, 0.2) is 0 Å². The van der Waals surface area contributed by atoms with Gasteiger partial charge in [-0.15, -0.1) is 0 Å². The molecular formula is C16H28N2O. The van der Waals surface area contributed by atoms with Gasteiger partial charge in [-0.3, -0.25) is 4.90 Å². The molecule has 0 spiro atoms. The van der Waals surface area contributed by atoms with Crippen molar-refractivity contribution in [2.24, 2.45) is 5.92 Å². The molecule has 2 atom stereocenters. The zero-order chi connectivity index (χ0) is 13.5. The Morgan fingerprint density at radius 1 is 0.947 bits per heavy atom. The molecule has 0 heterocycles. The van der Waals surface area contributed by atoms with Crippen molar-refractivity contribution >= 4 is 0 Å². The van der Waals surface area contributed by atoms with Crippen LogP contribution in [0.15, 0.2) is 0 Å². The summed E-state index contributed by atoms with van der Waals surface area (Å²) in [5.74, 6) is 0.177. The van der Waals surface area contributed by atoms with Gasteiger partial charge in [-0.25, -0.2) is 0 Å². The monoisotopic (exact) mass is 264 g/mol. The summed E-state index contributed by atoms with van der Waals surface area (Å²) in [6, 6.07) is 3.55. The van der Waals surface area contributed by atoms with E-state index in [2.05, 4.69) is 11.0 Å². The molecule has 0 aliphatic heterocycles. The van der Waals surface area contributed by atoms with Crippen molar-refractivity contribution in [2.75, 3.05) is 13.2 Å². The topological polar surface area (TPSA) is 47.3 Å². The van der Waals surface area contributed by atoms with Gasteiger partial charge in [-0.2, -0.15) is 5.26 Å². The molecule has 0 radical (unpaired) electrons. The number of hydrogen-bond donors (Lipinski definition) is 1. The van der Waals surface area contributed by atoms with Gasteiger partial charge < -0.3 is 5.11 Å². The molecule has 2 aliphatic carbocycles. The predicted octanol–water partition coefficient (Wildman–Crippen LogP) is 3.09. The van der Waals surface area contributed by atoms with Crippen LogP contribution in [0.5, 0.6) is 0 Å². The van der Waals surface area contributed by atoms with E-state index in [4.69, 9.17) is 0 Å². The summed E-state index contributed by atoms with van der Waals surface area (Å²) in [5, 5.41) is 18.9. The third-order valence-electron chi connectivity index (χ3n) is 4.97. The van der Waals surface area contributed by atoms with E-state index in [0.717, 1.165) is 19.4 Å². The highest BCUT2D eigenvalue weighted by Gasteiger charge is 2.33. The standard InChI is InChI=1S/C16H28N2O/c17-13-14-7-3-1-6-10-16(14)18(11-12-19)15-8-4-2-5-9-15/h14-16,19H,1-12H2. The second kappa shape index (κ2) is 7.87. The first-order valence-corrected chi connectivity index (χ1v) is 8.13. The Balaban J connectivity index is 2.08. The number of aliphatic hydroxyl groups excluding tert-OH is 1. The molecule has 3 nitrogen and oxygen atoms in total. The van der Waals surface area contributed by atoms with E-state index >= 15 is 0 Å². The molecule has 0 aromatic rings. The second-order valence-corrected chi connectivity index (χ2v) is 6.19. The lowest BCUT2D eigenvalue weighted by Crippen LogP contribution is -2.48. The lowest BCUT2D eigenvalue weighted by atomic mass is 9.88. The maximum atomic E-state index is 9.46. The fourth-order valence-electron chi connectivity index (χ4n) is 3.98. The number of rotatable bonds is 4. The van der Waals surface area contributed by atoms with Crippen LogP contribution in [-0.4, -0.2) is 35.2 Å². The van der Waals surface area contributed by atoms with Crippen LogP contribution in [0, 0.1) is 17.2 Å². The highest BCUT2D eigenvalue weighted by atomic mass is 16.3. The van der Waals surface area contributed by atoms with Crippen LogP contribution in [-0.2, 0) is 0 Å². The summed E-state index contributed by atoms with van der Waals surface area (Å²) in [4.78, 5) is 2.50. The summed E-state index contributed by atoms with van der Waals surface area (Å²) in [6.07, 6.45) is 12.4. The molecular weight excluding hydrogens is 236 g/mol. The lowest BCUT2D eigenvalue weighted by Gasteiger charge is -2.41. The van der Waals surface area contributed by atoms with Crippen molar-refractivity contribution in [2.45, 2.75) is 76.3 Å². The van der Waals surface area contributed by atoms with Crippen LogP contribution in [0.4, 0.5) is 0 Å². The smallest absolute Gasteiger partial charge is 0.0672 e. The van der Waals surface area contributed by atoms with Crippen molar-refractivity contribution in [1.82, 2.24) is 4.90 Å². The Bertz CT molecular complexity index is 294. The minimum Gasteiger partial charge on any atom is -0.395 e.